The lowest BCUT2D eigenvalue weighted by Gasteiger charge is -2.01. The number of ketones is 1. The van der Waals surface area contributed by atoms with Crippen LogP contribution in [-0.4, -0.2) is 17.7 Å². The van der Waals surface area contributed by atoms with Gasteiger partial charge in [-0.05, 0) is 12.3 Å². The van der Waals surface area contributed by atoms with Gasteiger partial charge in [-0.15, -0.1) is 0 Å². The fourth-order valence-electron chi connectivity index (χ4n) is 1.44. The molecule has 2 atom stereocenters. The van der Waals surface area contributed by atoms with Crippen LogP contribution in [0.3, 0.4) is 0 Å². The van der Waals surface area contributed by atoms with Gasteiger partial charge >= 0.3 is 0 Å². The van der Waals surface area contributed by atoms with E-state index in [0.717, 1.165) is 6.42 Å². The molecule has 1 amide bonds. The molecular formula is C9H15NO2. The van der Waals surface area contributed by atoms with Crippen molar-refractivity contribution in [3.63, 3.8) is 0 Å². The topological polar surface area (TPSA) is 46.2 Å². The van der Waals surface area contributed by atoms with Gasteiger partial charge in [0.25, 0.3) is 0 Å². The van der Waals surface area contributed by atoms with E-state index >= 15 is 0 Å². The zero-order valence-electron chi connectivity index (χ0n) is 7.76. The first kappa shape index (κ1) is 9.23. The lowest BCUT2D eigenvalue weighted by atomic mass is 10.1. The molecule has 0 aromatic carbocycles. The van der Waals surface area contributed by atoms with Crippen molar-refractivity contribution in [3.05, 3.63) is 0 Å². The molecule has 1 aliphatic rings. The van der Waals surface area contributed by atoms with Gasteiger partial charge in [0.05, 0.1) is 6.04 Å². The highest BCUT2D eigenvalue weighted by Crippen LogP contribution is 2.31. The third kappa shape index (κ3) is 2.06. The number of hydrogen-bond donors (Lipinski definition) is 1. The Morgan fingerprint density at radius 2 is 2.17 bits per heavy atom. The Morgan fingerprint density at radius 1 is 1.58 bits per heavy atom. The van der Waals surface area contributed by atoms with Gasteiger partial charge in [-0.2, -0.15) is 0 Å². The summed E-state index contributed by atoms with van der Waals surface area (Å²) < 4.78 is 0. The number of amides is 1. The van der Waals surface area contributed by atoms with Gasteiger partial charge in [0.1, 0.15) is 0 Å². The average molecular weight is 169 g/mol. The highest BCUT2D eigenvalue weighted by Gasteiger charge is 2.49. The summed E-state index contributed by atoms with van der Waals surface area (Å²) in [4.78, 5) is 21.7. The Balaban J connectivity index is 2.33. The van der Waals surface area contributed by atoms with Crippen molar-refractivity contribution in [2.75, 3.05) is 0 Å². The van der Waals surface area contributed by atoms with E-state index in [0.29, 0.717) is 5.92 Å². The summed E-state index contributed by atoms with van der Waals surface area (Å²) in [6.45, 7) is 5.60. The normalized spacial score (nSPS) is 27.5. The molecule has 1 rings (SSSR count). The van der Waals surface area contributed by atoms with Crippen LogP contribution in [0.5, 0.6) is 0 Å². The fourth-order valence-corrected chi connectivity index (χ4v) is 1.44. The number of carbonyl (C=O) groups excluding carboxylic acids is 2. The molecule has 0 spiro atoms. The van der Waals surface area contributed by atoms with Crippen molar-refractivity contribution < 1.29 is 9.59 Å². The van der Waals surface area contributed by atoms with Gasteiger partial charge in [0, 0.05) is 12.8 Å². The molecule has 1 saturated carbocycles. The van der Waals surface area contributed by atoms with Gasteiger partial charge in [-0.3, -0.25) is 9.59 Å². The molecule has 3 heteroatoms. The van der Waals surface area contributed by atoms with Crippen molar-refractivity contribution in [2.45, 2.75) is 33.2 Å². The summed E-state index contributed by atoms with van der Waals surface area (Å²) in [5, 5.41) is 2.63. The average Bonchev–Trinajstić information content (AvgIpc) is 2.43. The van der Waals surface area contributed by atoms with Crippen LogP contribution in [0.25, 0.3) is 0 Å². The Hall–Kier alpha value is -0.860. The molecule has 0 heterocycles. The second kappa shape index (κ2) is 3.25. The third-order valence-electron chi connectivity index (χ3n) is 2.05. The number of nitrogens with one attached hydrogen (secondary N) is 1. The van der Waals surface area contributed by atoms with Gasteiger partial charge in [0.15, 0.2) is 5.78 Å². The number of Topliss-reactive ketones (excluding diaryl/α,β-unsaturated/α-hetero) is 1. The number of hydrogen-bond acceptors (Lipinski definition) is 2. The SMILES string of the molecule is CC(=O)NC1C(=O)C1CC(C)C. The van der Waals surface area contributed by atoms with Crippen LogP contribution in [0, 0.1) is 11.8 Å². The zero-order chi connectivity index (χ0) is 9.30. The minimum absolute atomic E-state index is 0.0916. The van der Waals surface area contributed by atoms with Crippen molar-refractivity contribution in [3.8, 4) is 0 Å². The Bertz CT molecular complexity index is 211. The van der Waals surface area contributed by atoms with E-state index in [9.17, 15) is 9.59 Å². The largest absolute Gasteiger partial charge is 0.346 e. The third-order valence-corrected chi connectivity index (χ3v) is 2.05. The molecule has 0 radical (unpaired) electrons. The Labute approximate surface area is 72.5 Å². The van der Waals surface area contributed by atoms with Crippen LogP contribution < -0.4 is 5.32 Å². The predicted molar refractivity (Wildman–Crippen MR) is 45.6 cm³/mol. The van der Waals surface area contributed by atoms with Crippen LogP contribution in [0.15, 0.2) is 0 Å². The highest BCUT2D eigenvalue weighted by atomic mass is 16.2. The maximum absolute atomic E-state index is 11.1. The van der Waals surface area contributed by atoms with Gasteiger partial charge in [-0.25, -0.2) is 0 Å². The molecule has 1 aliphatic carbocycles. The highest BCUT2D eigenvalue weighted by molar-refractivity contribution is 6.05. The Morgan fingerprint density at radius 3 is 2.58 bits per heavy atom. The molecule has 3 nitrogen and oxygen atoms in total. The second-order valence-corrected chi connectivity index (χ2v) is 3.82. The molecule has 0 aliphatic heterocycles. The summed E-state index contributed by atoms with van der Waals surface area (Å²) in [5.41, 5.74) is 0. The van der Waals surface area contributed by atoms with Crippen LogP contribution in [-0.2, 0) is 9.59 Å². The summed E-state index contributed by atoms with van der Waals surface area (Å²) in [5.74, 6) is 0.699. The molecule has 68 valence electrons. The predicted octanol–water partition coefficient (Wildman–Crippen LogP) is 0.736. The monoisotopic (exact) mass is 169 g/mol. The van der Waals surface area contributed by atoms with Gasteiger partial charge in [0.2, 0.25) is 5.91 Å². The van der Waals surface area contributed by atoms with Crippen LogP contribution in [0.4, 0.5) is 0 Å². The zero-order valence-corrected chi connectivity index (χ0v) is 7.76. The van der Waals surface area contributed by atoms with Crippen molar-refractivity contribution >= 4 is 11.7 Å². The summed E-state index contributed by atoms with van der Waals surface area (Å²) >= 11 is 0. The van der Waals surface area contributed by atoms with Gasteiger partial charge < -0.3 is 5.32 Å². The number of rotatable bonds is 3. The molecule has 0 saturated heterocycles. The molecule has 1 N–H and O–H groups in total. The fraction of sp³-hybridized carbons (Fsp3) is 0.778. The lowest BCUT2D eigenvalue weighted by molar-refractivity contribution is -0.120. The molecular weight excluding hydrogens is 154 g/mol. The smallest absolute Gasteiger partial charge is 0.217 e. The summed E-state index contributed by atoms with van der Waals surface area (Å²) in [6, 6.07) is -0.176. The molecule has 0 bridgehead atoms. The van der Waals surface area contributed by atoms with E-state index in [2.05, 4.69) is 19.2 Å². The molecule has 0 aromatic heterocycles. The van der Waals surface area contributed by atoms with E-state index in [1.165, 1.54) is 6.92 Å². The van der Waals surface area contributed by atoms with Crippen molar-refractivity contribution in [1.82, 2.24) is 5.32 Å². The van der Waals surface area contributed by atoms with Crippen molar-refractivity contribution in [2.24, 2.45) is 11.8 Å². The van der Waals surface area contributed by atoms with Crippen LogP contribution >= 0.6 is 0 Å². The van der Waals surface area contributed by atoms with E-state index in [-0.39, 0.29) is 23.7 Å². The first-order valence-corrected chi connectivity index (χ1v) is 4.33. The minimum atomic E-state index is -0.176. The Kier molecular flexibility index (Phi) is 2.50. The first-order chi connectivity index (χ1) is 5.52. The van der Waals surface area contributed by atoms with E-state index in [1.54, 1.807) is 0 Å². The van der Waals surface area contributed by atoms with E-state index in [1.807, 2.05) is 0 Å². The minimum Gasteiger partial charge on any atom is -0.346 e. The van der Waals surface area contributed by atoms with Crippen LogP contribution in [0.1, 0.15) is 27.2 Å². The van der Waals surface area contributed by atoms with E-state index < -0.39 is 0 Å². The quantitative estimate of drug-likeness (QED) is 0.677. The second-order valence-electron chi connectivity index (χ2n) is 3.82. The van der Waals surface area contributed by atoms with E-state index in [4.69, 9.17) is 0 Å². The standard InChI is InChI=1S/C9H15NO2/c1-5(2)4-7-8(9(7)12)10-6(3)11/h5,7-8H,4H2,1-3H3,(H,10,11). The molecule has 0 aromatic rings. The molecule has 1 fully saturated rings. The van der Waals surface area contributed by atoms with Crippen molar-refractivity contribution in [1.29, 1.82) is 0 Å². The molecule has 2 unspecified atom stereocenters. The molecule has 12 heavy (non-hydrogen) atoms. The first-order valence-electron chi connectivity index (χ1n) is 4.33. The van der Waals surface area contributed by atoms with Crippen LogP contribution in [0.2, 0.25) is 0 Å². The summed E-state index contributed by atoms with van der Waals surface area (Å²) in [7, 11) is 0. The maximum atomic E-state index is 11.1. The lowest BCUT2D eigenvalue weighted by Crippen LogP contribution is -2.24. The summed E-state index contributed by atoms with van der Waals surface area (Å²) in [6.07, 6.45) is 0.893. The maximum Gasteiger partial charge on any atom is 0.217 e. The van der Waals surface area contributed by atoms with Gasteiger partial charge in [-0.1, -0.05) is 13.8 Å². The number of carbonyl (C=O) groups is 2.